The van der Waals surface area contributed by atoms with Crippen LogP contribution in [0.25, 0.3) is 11.8 Å². The van der Waals surface area contributed by atoms with E-state index in [1.807, 2.05) is 39.0 Å². The van der Waals surface area contributed by atoms with Crippen LogP contribution in [0.1, 0.15) is 42.4 Å². The van der Waals surface area contributed by atoms with Crippen molar-refractivity contribution in [1.29, 1.82) is 0 Å². The van der Waals surface area contributed by atoms with Crippen molar-refractivity contribution in [2.24, 2.45) is 0 Å². The van der Waals surface area contributed by atoms with Crippen LogP contribution < -0.4 is 5.32 Å². The highest BCUT2D eigenvalue weighted by molar-refractivity contribution is 6.31. The van der Waals surface area contributed by atoms with Crippen LogP contribution in [0, 0.1) is 20.8 Å². The zero-order chi connectivity index (χ0) is 21.0. The molecule has 1 amide bonds. The van der Waals surface area contributed by atoms with Crippen molar-refractivity contribution in [2.45, 2.75) is 47.1 Å². The highest BCUT2D eigenvalue weighted by Gasteiger charge is 2.12. The van der Waals surface area contributed by atoms with Crippen LogP contribution >= 0.6 is 11.6 Å². The summed E-state index contributed by atoms with van der Waals surface area (Å²) in [5.74, 6) is 0.409. The first-order valence-corrected chi connectivity index (χ1v) is 9.86. The van der Waals surface area contributed by atoms with Crippen LogP contribution in [-0.2, 0) is 11.3 Å². The Hall–Kier alpha value is -3.00. The first kappa shape index (κ1) is 20.7. The molecule has 29 heavy (non-hydrogen) atoms. The summed E-state index contributed by atoms with van der Waals surface area (Å²) < 4.78 is 3.41. The van der Waals surface area contributed by atoms with Crippen molar-refractivity contribution in [3.05, 3.63) is 52.1 Å². The average Bonchev–Trinajstić information content (AvgIpc) is 3.23. The predicted octanol–water partition coefficient (Wildman–Crippen LogP) is 3.89. The summed E-state index contributed by atoms with van der Waals surface area (Å²) in [6.45, 7) is 8.54. The van der Waals surface area contributed by atoms with E-state index >= 15 is 0 Å². The van der Waals surface area contributed by atoms with Crippen LogP contribution in [0.2, 0.25) is 5.15 Å². The van der Waals surface area contributed by atoms with Gasteiger partial charge >= 0.3 is 0 Å². The molecule has 3 rings (SSSR count). The summed E-state index contributed by atoms with van der Waals surface area (Å²) >= 11 is 6.42. The Morgan fingerprint density at radius 2 is 2.07 bits per heavy atom. The number of anilines is 1. The molecule has 3 aromatic rings. The van der Waals surface area contributed by atoms with Gasteiger partial charge in [-0.15, -0.1) is 5.10 Å². The number of hydrogen-bond donors (Lipinski definition) is 1. The first-order valence-electron chi connectivity index (χ1n) is 9.48. The summed E-state index contributed by atoms with van der Waals surface area (Å²) in [7, 11) is 0. The molecule has 0 aliphatic heterocycles. The molecule has 2 heterocycles. The number of benzene rings is 1. The zero-order valence-corrected chi connectivity index (χ0v) is 17.7. The Kier molecular flexibility index (Phi) is 6.43. The number of rotatable bonds is 7. The Balaban J connectivity index is 1.75. The highest BCUT2D eigenvalue weighted by atomic mass is 35.5. The van der Waals surface area contributed by atoms with Crippen LogP contribution in [0.3, 0.4) is 0 Å². The van der Waals surface area contributed by atoms with Gasteiger partial charge in [-0.25, -0.2) is 0 Å². The van der Waals surface area contributed by atoms with Gasteiger partial charge in [0.05, 0.1) is 11.4 Å². The lowest BCUT2D eigenvalue weighted by Crippen LogP contribution is -2.09. The molecular formula is C20H24ClN7O. The Morgan fingerprint density at radius 3 is 2.76 bits per heavy atom. The van der Waals surface area contributed by atoms with E-state index in [1.54, 1.807) is 15.4 Å². The number of tetrazole rings is 1. The van der Waals surface area contributed by atoms with E-state index in [2.05, 4.69) is 32.9 Å². The zero-order valence-electron chi connectivity index (χ0n) is 17.0. The van der Waals surface area contributed by atoms with E-state index in [9.17, 15) is 4.79 Å². The van der Waals surface area contributed by atoms with Crippen LogP contribution in [0.5, 0.6) is 0 Å². The summed E-state index contributed by atoms with van der Waals surface area (Å²) in [5, 5.41) is 19.4. The Labute approximate surface area is 174 Å². The molecule has 152 valence electrons. The van der Waals surface area contributed by atoms with E-state index < -0.39 is 0 Å². The monoisotopic (exact) mass is 413 g/mol. The lowest BCUT2D eigenvalue weighted by Gasteiger charge is -2.09. The number of carbonyl (C=O) groups excluding carboxylic acids is 1. The van der Waals surface area contributed by atoms with Gasteiger partial charge in [0, 0.05) is 23.9 Å². The van der Waals surface area contributed by atoms with Gasteiger partial charge in [0.1, 0.15) is 5.15 Å². The van der Waals surface area contributed by atoms with Gasteiger partial charge in [0.25, 0.3) is 0 Å². The highest BCUT2D eigenvalue weighted by Crippen LogP contribution is 2.22. The number of hydrogen-bond acceptors (Lipinski definition) is 5. The molecule has 9 heteroatoms. The smallest absolute Gasteiger partial charge is 0.248 e. The minimum Gasteiger partial charge on any atom is -0.322 e. The molecule has 0 spiro atoms. The quantitative estimate of drug-likeness (QED) is 0.593. The molecule has 1 aromatic carbocycles. The molecule has 0 atom stereocenters. The second-order valence-corrected chi connectivity index (χ2v) is 7.19. The van der Waals surface area contributed by atoms with Crippen molar-refractivity contribution >= 4 is 29.3 Å². The molecular weight excluding hydrogens is 390 g/mol. The number of amides is 1. The third-order valence-corrected chi connectivity index (χ3v) is 4.96. The summed E-state index contributed by atoms with van der Waals surface area (Å²) in [4.78, 5) is 12.4. The molecule has 0 unspecified atom stereocenters. The molecule has 0 fully saturated rings. The minimum absolute atomic E-state index is 0.259. The van der Waals surface area contributed by atoms with Gasteiger partial charge in [-0.1, -0.05) is 31.0 Å². The first-order chi connectivity index (χ1) is 13.9. The number of aryl methyl sites for hydroxylation is 4. The molecule has 8 nitrogen and oxygen atoms in total. The van der Waals surface area contributed by atoms with Gasteiger partial charge < -0.3 is 5.32 Å². The minimum atomic E-state index is -0.259. The second-order valence-electron chi connectivity index (χ2n) is 6.83. The normalized spacial score (nSPS) is 11.3. The Morgan fingerprint density at radius 1 is 1.28 bits per heavy atom. The van der Waals surface area contributed by atoms with Gasteiger partial charge in [-0.05, 0) is 61.4 Å². The van der Waals surface area contributed by atoms with Gasteiger partial charge in [0.2, 0.25) is 5.91 Å². The number of nitrogens with zero attached hydrogens (tertiary/aromatic N) is 6. The van der Waals surface area contributed by atoms with Crippen LogP contribution in [-0.4, -0.2) is 35.9 Å². The summed E-state index contributed by atoms with van der Waals surface area (Å²) in [6, 6.07) is 5.59. The standard InChI is InChI=1S/C20H24ClN7O/c1-5-6-11-27-20(21)17(14(3)24-27)9-10-19(29)22-16-8-7-13(2)18(12-16)28-15(4)23-25-26-28/h7-10,12H,5-6,11H2,1-4H3,(H,22,29)/b10-9+. The largest absolute Gasteiger partial charge is 0.322 e. The van der Waals surface area contributed by atoms with Crippen LogP contribution in [0.15, 0.2) is 24.3 Å². The summed E-state index contributed by atoms with van der Waals surface area (Å²) in [6.07, 6.45) is 5.22. The molecule has 0 bridgehead atoms. The predicted molar refractivity (Wildman–Crippen MR) is 113 cm³/mol. The molecule has 0 saturated heterocycles. The third kappa shape index (κ3) is 4.71. The van der Waals surface area contributed by atoms with Crippen molar-refractivity contribution in [3.8, 4) is 5.69 Å². The second kappa shape index (κ2) is 9.00. The van der Waals surface area contributed by atoms with Crippen molar-refractivity contribution in [2.75, 3.05) is 5.32 Å². The maximum absolute atomic E-state index is 12.4. The number of aromatic nitrogens is 6. The average molecular weight is 414 g/mol. The fourth-order valence-corrected chi connectivity index (χ4v) is 3.25. The third-order valence-electron chi connectivity index (χ3n) is 4.56. The van der Waals surface area contributed by atoms with E-state index in [4.69, 9.17) is 11.6 Å². The van der Waals surface area contributed by atoms with Crippen LogP contribution in [0.4, 0.5) is 5.69 Å². The van der Waals surface area contributed by atoms with Crippen molar-refractivity contribution in [3.63, 3.8) is 0 Å². The maximum Gasteiger partial charge on any atom is 0.248 e. The van der Waals surface area contributed by atoms with Crippen molar-refractivity contribution < 1.29 is 4.79 Å². The molecule has 0 radical (unpaired) electrons. The topological polar surface area (TPSA) is 90.5 Å². The van der Waals surface area contributed by atoms with Gasteiger partial charge in [-0.3, -0.25) is 9.48 Å². The number of halogens is 1. The Bertz CT molecular complexity index is 1050. The molecule has 0 saturated carbocycles. The lowest BCUT2D eigenvalue weighted by atomic mass is 10.1. The fraction of sp³-hybridized carbons (Fsp3) is 0.350. The van der Waals surface area contributed by atoms with E-state index in [0.717, 1.165) is 41.9 Å². The SMILES string of the molecule is CCCCn1nc(C)c(/C=C/C(=O)Nc2ccc(C)c(-n3nnnc3C)c2)c1Cl. The molecule has 1 N–H and O–H groups in total. The fourth-order valence-electron chi connectivity index (χ4n) is 2.93. The van der Waals surface area contributed by atoms with Gasteiger partial charge in [-0.2, -0.15) is 9.78 Å². The summed E-state index contributed by atoms with van der Waals surface area (Å²) in [5.41, 5.74) is 4.01. The molecule has 2 aromatic heterocycles. The van der Waals surface area contributed by atoms with Gasteiger partial charge in [0.15, 0.2) is 5.82 Å². The van der Waals surface area contributed by atoms with E-state index in [1.165, 1.54) is 6.08 Å². The lowest BCUT2D eigenvalue weighted by molar-refractivity contribution is -0.111. The maximum atomic E-state index is 12.4. The molecule has 0 aliphatic rings. The van der Waals surface area contributed by atoms with E-state index in [0.29, 0.717) is 16.7 Å². The number of carbonyl (C=O) groups is 1. The molecule has 0 aliphatic carbocycles. The number of unbranched alkanes of at least 4 members (excludes halogenated alkanes) is 1. The van der Waals surface area contributed by atoms with Crippen molar-refractivity contribution in [1.82, 2.24) is 30.0 Å². The number of nitrogens with one attached hydrogen (secondary N) is 1. The van der Waals surface area contributed by atoms with E-state index in [-0.39, 0.29) is 5.91 Å².